The zero-order valence-corrected chi connectivity index (χ0v) is 27.3. The van der Waals surface area contributed by atoms with Crippen LogP contribution in [-0.2, 0) is 0 Å². The zero-order valence-electron chi connectivity index (χ0n) is 26.5. The number of fused-ring (bicyclic) bond motifs is 3. The van der Waals surface area contributed by atoms with Crippen LogP contribution in [0.2, 0.25) is 0 Å². The minimum atomic E-state index is 0.649. The Hall–Kier alpha value is -6.23. The van der Waals surface area contributed by atoms with Crippen LogP contribution in [0.5, 0.6) is 0 Å². The van der Waals surface area contributed by atoms with Gasteiger partial charge in [-0.15, -0.1) is 11.3 Å². The molecule has 49 heavy (non-hydrogen) atoms. The first-order valence-corrected chi connectivity index (χ1v) is 17.2. The molecule has 4 heteroatoms. The fraction of sp³-hybridized carbons (Fsp3) is 0. The monoisotopic (exact) mass is 643 g/mol. The summed E-state index contributed by atoms with van der Waals surface area (Å²) >= 11 is 1.78. The molecule has 0 saturated carbocycles. The van der Waals surface area contributed by atoms with Gasteiger partial charge in [-0.2, -0.15) is 0 Å². The summed E-state index contributed by atoms with van der Waals surface area (Å²) in [6.45, 7) is 0. The Morgan fingerprint density at radius 3 is 1.39 bits per heavy atom. The van der Waals surface area contributed by atoms with Crippen LogP contribution in [0, 0.1) is 0 Å². The SMILES string of the molecule is c1ccc(-c2cccc(-c3cccc(-c4cccc(-c5nc(-c6ccccc6)nc(-c6cccc7c6sc6ccccc67)n5)c4)c3)c2)cc1. The molecule has 0 unspecified atom stereocenters. The van der Waals surface area contributed by atoms with E-state index in [1.807, 2.05) is 18.2 Å². The minimum Gasteiger partial charge on any atom is -0.208 e. The van der Waals surface area contributed by atoms with Crippen molar-refractivity contribution in [1.82, 2.24) is 15.0 Å². The quantitative estimate of drug-likeness (QED) is 0.181. The van der Waals surface area contributed by atoms with Gasteiger partial charge in [0.1, 0.15) is 0 Å². The molecule has 2 heterocycles. The van der Waals surface area contributed by atoms with Gasteiger partial charge in [-0.25, -0.2) is 15.0 Å². The van der Waals surface area contributed by atoms with Crippen molar-refractivity contribution in [3.63, 3.8) is 0 Å². The van der Waals surface area contributed by atoms with E-state index in [9.17, 15) is 0 Å². The predicted octanol–water partition coefficient (Wildman–Crippen LogP) is 12.2. The van der Waals surface area contributed by atoms with Gasteiger partial charge in [0.25, 0.3) is 0 Å². The molecular weight excluding hydrogens is 615 g/mol. The molecule has 0 aliphatic rings. The van der Waals surface area contributed by atoms with Gasteiger partial charge in [-0.3, -0.25) is 0 Å². The van der Waals surface area contributed by atoms with Crippen LogP contribution >= 0.6 is 11.3 Å². The molecule has 9 aromatic rings. The van der Waals surface area contributed by atoms with Crippen LogP contribution in [-0.4, -0.2) is 15.0 Å². The van der Waals surface area contributed by atoms with E-state index in [4.69, 9.17) is 15.0 Å². The van der Waals surface area contributed by atoms with Crippen molar-refractivity contribution in [3.05, 3.63) is 176 Å². The molecule has 7 aromatic carbocycles. The standard InChI is InChI=1S/C45H29N3S/c1-3-13-30(14-4-1)32-17-9-18-33(27-32)34-19-10-20-35(28-34)36-21-11-22-37(29-36)44-46-43(31-15-5-2-6-16-31)47-45(48-44)40-25-12-24-39-38-23-7-8-26-41(38)49-42(39)40/h1-29H. The van der Waals surface area contributed by atoms with Crippen molar-refractivity contribution in [2.75, 3.05) is 0 Å². The third-order valence-electron chi connectivity index (χ3n) is 8.93. The molecule has 9 rings (SSSR count). The lowest BCUT2D eigenvalue weighted by Gasteiger charge is -2.11. The largest absolute Gasteiger partial charge is 0.208 e. The molecule has 0 aliphatic carbocycles. The van der Waals surface area contributed by atoms with E-state index < -0.39 is 0 Å². The van der Waals surface area contributed by atoms with Gasteiger partial charge in [0.15, 0.2) is 17.5 Å². The molecule has 0 spiro atoms. The lowest BCUT2D eigenvalue weighted by molar-refractivity contribution is 1.08. The summed E-state index contributed by atoms with van der Waals surface area (Å²) in [4.78, 5) is 15.2. The molecule has 0 saturated heterocycles. The van der Waals surface area contributed by atoms with Gasteiger partial charge in [0.05, 0.1) is 0 Å². The average molecular weight is 644 g/mol. The summed E-state index contributed by atoms with van der Waals surface area (Å²) < 4.78 is 2.44. The maximum Gasteiger partial charge on any atom is 0.165 e. The van der Waals surface area contributed by atoms with Crippen molar-refractivity contribution in [2.24, 2.45) is 0 Å². The lowest BCUT2D eigenvalue weighted by atomic mass is 9.95. The first-order chi connectivity index (χ1) is 24.3. The number of nitrogens with zero attached hydrogens (tertiary/aromatic N) is 3. The van der Waals surface area contributed by atoms with Crippen molar-refractivity contribution >= 4 is 31.5 Å². The van der Waals surface area contributed by atoms with Crippen LogP contribution in [0.3, 0.4) is 0 Å². The number of thiophene rings is 1. The number of rotatable bonds is 6. The first-order valence-electron chi connectivity index (χ1n) is 16.4. The molecule has 3 nitrogen and oxygen atoms in total. The number of benzene rings is 7. The molecule has 0 radical (unpaired) electrons. The van der Waals surface area contributed by atoms with E-state index in [0.29, 0.717) is 17.5 Å². The first kappa shape index (κ1) is 29.0. The molecule has 0 atom stereocenters. The highest BCUT2D eigenvalue weighted by atomic mass is 32.1. The Bertz CT molecular complexity index is 2610. The van der Waals surface area contributed by atoms with E-state index >= 15 is 0 Å². The van der Waals surface area contributed by atoms with Crippen molar-refractivity contribution < 1.29 is 0 Å². The fourth-order valence-electron chi connectivity index (χ4n) is 6.49. The van der Waals surface area contributed by atoms with Gasteiger partial charge in [0, 0.05) is 36.9 Å². The van der Waals surface area contributed by atoms with Gasteiger partial charge in [-0.05, 0) is 63.7 Å². The molecule has 0 fully saturated rings. The predicted molar refractivity (Wildman–Crippen MR) is 205 cm³/mol. The lowest BCUT2D eigenvalue weighted by Crippen LogP contribution is -2.00. The Morgan fingerprint density at radius 2 is 0.735 bits per heavy atom. The Labute approximate surface area is 288 Å². The minimum absolute atomic E-state index is 0.649. The Balaban J connectivity index is 1.14. The van der Waals surface area contributed by atoms with Crippen LogP contribution in [0.1, 0.15) is 0 Å². The molecule has 0 aliphatic heterocycles. The number of hydrogen-bond acceptors (Lipinski definition) is 4. The van der Waals surface area contributed by atoms with E-state index in [0.717, 1.165) is 27.8 Å². The highest BCUT2D eigenvalue weighted by Gasteiger charge is 2.17. The molecule has 0 amide bonds. The maximum absolute atomic E-state index is 5.14. The van der Waals surface area contributed by atoms with Crippen LogP contribution in [0.25, 0.3) is 87.7 Å². The fourth-order valence-corrected chi connectivity index (χ4v) is 7.70. The summed E-state index contributed by atoms with van der Waals surface area (Å²) in [7, 11) is 0. The molecule has 230 valence electrons. The van der Waals surface area contributed by atoms with Crippen LogP contribution in [0.15, 0.2) is 176 Å². The molecule has 2 aromatic heterocycles. The van der Waals surface area contributed by atoms with Gasteiger partial charge in [-0.1, -0.05) is 146 Å². The van der Waals surface area contributed by atoms with Crippen molar-refractivity contribution in [1.29, 1.82) is 0 Å². The normalized spacial score (nSPS) is 11.3. The maximum atomic E-state index is 5.14. The van der Waals surface area contributed by atoms with E-state index in [1.54, 1.807) is 11.3 Å². The topological polar surface area (TPSA) is 38.7 Å². The summed E-state index contributed by atoms with van der Waals surface area (Å²) in [5.74, 6) is 1.98. The molecular formula is C45H29N3S. The smallest absolute Gasteiger partial charge is 0.165 e. The Morgan fingerprint density at radius 1 is 0.306 bits per heavy atom. The summed E-state index contributed by atoms with van der Waals surface area (Å²) in [5.41, 5.74) is 9.93. The second-order valence-corrected chi connectivity index (χ2v) is 13.1. The van der Waals surface area contributed by atoms with Gasteiger partial charge >= 0.3 is 0 Å². The molecule has 0 bridgehead atoms. The van der Waals surface area contributed by atoms with E-state index in [-0.39, 0.29) is 0 Å². The third kappa shape index (κ3) is 5.58. The molecule has 0 N–H and O–H groups in total. The highest BCUT2D eigenvalue weighted by molar-refractivity contribution is 7.26. The van der Waals surface area contributed by atoms with Gasteiger partial charge in [0.2, 0.25) is 0 Å². The van der Waals surface area contributed by atoms with E-state index in [2.05, 4.69) is 158 Å². The summed E-state index contributed by atoms with van der Waals surface area (Å²) in [5, 5.41) is 2.47. The number of hydrogen-bond donors (Lipinski definition) is 0. The van der Waals surface area contributed by atoms with Crippen LogP contribution in [0.4, 0.5) is 0 Å². The number of aromatic nitrogens is 3. The second kappa shape index (κ2) is 12.4. The summed E-state index contributed by atoms with van der Waals surface area (Å²) in [6, 6.07) is 61.7. The van der Waals surface area contributed by atoms with Gasteiger partial charge < -0.3 is 0 Å². The third-order valence-corrected chi connectivity index (χ3v) is 10.2. The van der Waals surface area contributed by atoms with Crippen molar-refractivity contribution in [2.45, 2.75) is 0 Å². The average Bonchev–Trinajstić information content (AvgIpc) is 3.58. The second-order valence-electron chi connectivity index (χ2n) is 12.1. The van der Waals surface area contributed by atoms with Crippen LogP contribution < -0.4 is 0 Å². The highest BCUT2D eigenvalue weighted by Crippen LogP contribution is 2.40. The van der Waals surface area contributed by atoms with E-state index in [1.165, 1.54) is 42.4 Å². The Kier molecular flexibility index (Phi) is 7.34. The zero-order chi connectivity index (χ0) is 32.6. The van der Waals surface area contributed by atoms with Crippen molar-refractivity contribution in [3.8, 4) is 67.5 Å². The summed E-state index contributed by atoms with van der Waals surface area (Å²) in [6.07, 6.45) is 0.